The first-order valence-electron chi connectivity index (χ1n) is 4.03. The van der Waals surface area contributed by atoms with Crippen molar-refractivity contribution in [3.05, 3.63) is 25.1 Å². The molecule has 0 aromatic heterocycles. The Morgan fingerprint density at radius 2 is 2.38 bits per heavy atom. The Bertz CT molecular complexity index is 258. The zero-order valence-electron chi connectivity index (χ0n) is 7.23. The molecule has 0 spiro atoms. The van der Waals surface area contributed by atoms with Gasteiger partial charge in [0.1, 0.15) is 0 Å². The minimum atomic E-state index is -0.519. The zero-order valence-corrected chi connectivity index (χ0v) is 7.23. The van der Waals surface area contributed by atoms with Crippen LogP contribution in [0.1, 0.15) is 12.8 Å². The number of hydrogen-bond donors (Lipinski definition) is 0. The molecule has 13 heavy (non-hydrogen) atoms. The second-order valence-electron chi connectivity index (χ2n) is 2.61. The predicted octanol–water partition coefficient (Wildman–Crippen LogP) is 0.809. The van der Waals surface area contributed by atoms with Gasteiger partial charge < -0.3 is 9.64 Å². The van der Waals surface area contributed by atoms with Crippen LogP contribution >= 0.6 is 0 Å². The van der Waals surface area contributed by atoms with Crippen LogP contribution in [0, 0.1) is 0 Å². The Morgan fingerprint density at radius 3 is 2.92 bits per heavy atom. The van der Waals surface area contributed by atoms with Gasteiger partial charge in [-0.2, -0.15) is 0 Å². The van der Waals surface area contributed by atoms with Gasteiger partial charge >= 0.3 is 5.97 Å². The van der Waals surface area contributed by atoms with Crippen molar-refractivity contribution in [3.63, 3.8) is 0 Å². The molecule has 1 amide bonds. The summed E-state index contributed by atoms with van der Waals surface area (Å²) in [6, 6.07) is 0. The summed E-state index contributed by atoms with van der Waals surface area (Å²) in [5, 5.41) is 0. The molecule has 70 valence electrons. The third-order valence-corrected chi connectivity index (χ3v) is 1.70. The highest BCUT2D eigenvalue weighted by Crippen LogP contribution is 2.09. The number of likely N-dealkylation sites (tertiary alicyclic amines) is 1. The predicted molar refractivity (Wildman–Crippen MR) is 46.4 cm³/mol. The molecule has 0 saturated carbocycles. The normalized spacial score (nSPS) is 16.6. The van der Waals surface area contributed by atoms with Crippen LogP contribution in [0.25, 0.3) is 0 Å². The van der Waals surface area contributed by atoms with E-state index in [1.807, 2.05) is 0 Å². The first-order valence-corrected chi connectivity index (χ1v) is 4.03. The lowest BCUT2D eigenvalue weighted by Gasteiger charge is -2.07. The number of esters is 1. The summed E-state index contributed by atoms with van der Waals surface area (Å²) in [6.07, 6.45) is 5.12. The highest BCUT2D eigenvalue weighted by atomic mass is 16.5. The first kappa shape index (κ1) is 9.51. The van der Waals surface area contributed by atoms with E-state index < -0.39 is 5.97 Å². The van der Waals surface area contributed by atoms with Gasteiger partial charge in [0.15, 0.2) is 0 Å². The maximum atomic E-state index is 11.0. The molecule has 0 N–H and O–H groups in total. The van der Waals surface area contributed by atoms with Gasteiger partial charge in [-0.1, -0.05) is 6.58 Å². The molecular weight excluding hydrogens is 170 g/mol. The fraction of sp³-hybridized carbons (Fsp3) is 0.333. The molecule has 4 heteroatoms. The number of ether oxygens (including phenoxy) is 1. The van der Waals surface area contributed by atoms with Crippen LogP contribution in [0.3, 0.4) is 0 Å². The Balaban J connectivity index is 2.42. The molecule has 0 aromatic rings. The molecule has 0 aliphatic carbocycles. The van der Waals surface area contributed by atoms with Crippen molar-refractivity contribution in [2.75, 3.05) is 6.54 Å². The summed E-state index contributed by atoms with van der Waals surface area (Å²) in [6.45, 7) is 3.92. The lowest BCUT2D eigenvalue weighted by Crippen LogP contribution is -2.17. The number of hydrogen-bond acceptors (Lipinski definition) is 3. The zero-order chi connectivity index (χ0) is 9.68. The van der Waals surface area contributed by atoms with Crippen molar-refractivity contribution >= 4 is 11.9 Å². The van der Waals surface area contributed by atoms with E-state index in [1.165, 1.54) is 17.2 Å². The molecule has 1 saturated heterocycles. The average Bonchev–Trinajstić information content (AvgIpc) is 2.48. The molecule has 0 atom stereocenters. The van der Waals surface area contributed by atoms with Crippen molar-refractivity contribution in [3.8, 4) is 0 Å². The molecule has 1 rings (SSSR count). The van der Waals surface area contributed by atoms with E-state index >= 15 is 0 Å². The molecule has 0 aromatic carbocycles. The van der Waals surface area contributed by atoms with Crippen LogP contribution in [0.4, 0.5) is 0 Å². The van der Waals surface area contributed by atoms with E-state index in [2.05, 4.69) is 11.3 Å². The molecule has 1 aliphatic rings. The van der Waals surface area contributed by atoms with Crippen LogP contribution in [0.15, 0.2) is 25.1 Å². The smallest absolute Gasteiger partial charge is 0.337 e. The highest BCUT2D eigenvalue weighted by Gasteiger charge is 2.17. The molecule has 0 bridgehead atoms. The lowest BCUT2D eigenvalue weighted by molar-refractivity contribution is -0.132. The van der Waals surface area contributed by atoms with Gasteiger partial charge in [-0.15, -0.1) is 0 Å². The van der Waals surface area contributed by atoms with Crippen molar-refractivity contribution in [2.45, 2.75) is 12.8 Å². The third kappa shape index (κ3) is 2.74. The van der Waals surface area contributed by atoms with Crippen LogP contribution in [-0.4, -0.2) is 23.3 Å². The van der Waals surface area contributed by atoms with Gasteiger partial charge in [0.25, 0.3) is 0 Å². The van der Waals surface area contributed by atoms with Gasteiger partial charge in [0, 0.05) is 25.2 Å². The molecule has 1 fully saturated rings. The standard InChI is InChI=1S/C9H11NO3/c1-2-13-9(12)5-7-10-6-3-4-8(10)11/h2,5,7H,1,3-4,6H2. The topological polar surface area (TPSA) is 46.6 Å². The second kappa shape index (κ2) is 4.45. The van der Waals surface area contributed by atoms with Crippen LogP contribution in [0.2, 0.25) is 0 Å². The summed E-state index contributed by atoms with van der Waals surface area (Å²) >= 11 is 0. The molecule has 0 radical (unpaired) electrons. The summed E-state index contributed by atoms with van der Waals surface area (Å²) < 4.78 is 4.44. The lowest BCUT2D eigenvalue weighted by atomic mass is 10.4. The minimum Gasteiger partial charge on any atom is -0.432 e. The van der Waals surface area contributed by atoms with E-state index in [9.17, 15) is 9.59 Å². The van der Waals surface area contributed by atoms with Crippen LogP contribution in [-0.2, 0) is 14.3 Å². The van der Waals surface area contributed by atoms with E-state index in [4.69, 9.17) is 0 Å². The fourth-order valence-electron chi connectivity index (χ4n) is 1.10. The Hall–Kier alpha value is -1.58. The van der Waals surface area contributed by atoms with E-state index in [0.29, 0.717) is 13.0 Å². The van der Waals surface area contributed by atoms with E-state index in [0.717, 1.165) is 12.7 Å². The SMILES string of the molecule is C=COC(=O)C=CN1CCCC1=O. The highest BCUT2D eigenvalue weighted by molar-refractivity contribution is 5.84. The van der Waals surface area contributed by atoms with Crippen LogP contribution < -0.4 is 0 Å². The Labute approximate surface area is 76.5 Å². The molecule has 4 nitrogen and oxygen atoms in total. The van der Waals surface area contributed by atoms with Crippen molar-refractivity contribution in [1.29, 1.82) is 0 Å². The number of nitrogens with zero attached hydrogens (tertiary/aromatic N) is 1. The Kier molecular flexibility index (Phi) is 3.25. The molecule has 1 aliphatic heterocycles. The fourth-order valence-corrected chi connectivity index (χ4v) is 1.10. The maximum Gasteiger partial charge on any atom is 0.337 e. The van der Waals surface area contributed by atoms with E-state index in [1.54, 1.807) is 0 Å². The van der Waals surface area contributed by atoms with Gasteiger partial charge in [0.2, 0.25) is 5.91 Å². The van der Waals surface area contributed by atoms with Crippen molar-refractivity contribution in [2.24, 2.45) is 0 Å². The van der Waals surface area contributed by atoms with Gasteiger partial charge in [-0.25, -0.2) is 4.79 Å². The monoisotopic (exact) mass is 181 g/mol. The summed E-state index contributed by atoms with van der Waals surface area (Å²) in [5.41, 5.74) is 0. The van der Waals surface area contributed by atoms with Crippen molar-refractivity contribution < 1.29 is 14.3 Å². The molecular formula is C9H11NO3. The summed E-state index contributed by atoms with van der Waals surface area (Å²) in [7, 11) is 0. The number of amides is 1. The summed E-state index contributed by atoms with van der Waals surface area (Å²) in [4.78, 5) is 23.3. The van der Waals surface area contributed by atoms with Crippen molar-refractivity contribution in [1.82, 2.24) is 4.90 Å². The molecule has 1 heterocycles. The Morgan fingerprint density at radius 1 is 1.62 bits per heavy atom. The number of carbonyl (C=O) groups excluding carboxylic acids is 2. The van der Waals surface area contributed by atoms with Gasteiger partial charge in [-0.3, -0.25) is 4.79 Å². The molecule has 0 unspecified atom stereocenters. The largest absolute Gasteiger partial charge is 0.432 e. The average molecular weight is 181 g/mol. The van der Waals surface area contributed by atoms with Crippen LogP contribution in [0.5, 0.6) is 0 Å². The minimum absolute atomic E-state index is 0.0441. The first-order chi connectivity index (χ1) is 6.24. The van der Waals surface area contributed by atoms with E-state index in [-0.39, 0.29) is 5.91 Å². The third-order valence-electron chi connectivity index (χ3n) is 1.70. The second-order valence-corrected chi connectivity index (χ2v) is 2.61. The maximum absolute atomic E-state index is 11.0. The van der Waals surface area contributed by atoms with Gasteiger partial charge in [-0.05, 0) is 6.42 Å². The van der Waals surface area contributed by atoms with Gasteiger partial charge in [0.05, 0.1) is 6.26 Å². The summed E-state index contributed by atoms with van der Waals surface area (Å²) in [5.74, 6) is -0.475. The number of carbonyl (C=O) groups is 2. The quantitative estimate of drug-likeness (QED) is 0.367. The number of rotatable bonds is 3.